The molecule has 0 spiro atoms. The van der Waals surface area contributed by atoms with Crippen molar-refractivity contribution in [3.8, 4) is 0 Å². The zero-order valence-electron chi connectivity index (χ0n) is 16.8. The molecule has 27 heavy (non-hydrogen) atoms. The molecule has 8 heteroatoms. The minimum absolute atomic E-state index is 0.112. The molecular formula is C19H32F3N5. The van der Waals surface area contributed by atoms with Crippen LogP contribution < -0.4 is 10.6 Å². The molecule has 1 aromatic heterocycles. The Morgan fingerprint density at radius 3 is 2.56 bits per heavy atom. The van der Waals surface area contributed by atoms with Crippen molar-refractivity contribution in [3.05, 3.63) is 17.0 Å². The van der Waals surface area contributed by atoms with E-state index in [-0.39, 0.29) is 18.9 Å². The van der Waals surface area contributed by atoms with Crippen molar-refractivity contribution in [3.63, 3.8) is 0 Å². The highest BCUT2D eigenvalue weighted by Gasteiger charge is 2.42. The molecule has 1 aromatic rings. The first-order valence-corrected chi connectivity index (χ1v) is 9.95. The Morgan fingerprint density at radius 2 is 1.96 bits per heavy atom. The summed E-state index contributed by atoms with van der Waals surface area (Å²) < 4.78 is 41.1. The van der Waals surface area contributed by atoms with E-state index < -0.39 is 12.1 Å². The molecule has 0 radical (unpaired) electrons. The molecule has 2 unspecified atom stereocenters. The van der Waals surface area contributed by atoms with Gasteiger partial charge >= 0.3 is 6.18 Å². The average molecular weight is 387 g/mol. The summed E-state index contributed by atoms with van der Waals surface area (Å²) in [5.74, 6) is -0.637. The molecule has 0 aliphatic heterocycles. The number of guanidine groups is 1. The van der Waals surface area contributed by atoms with Crippen molar-refractivity contribution in [1.29, 1.82) is 0 Å². The Hall–Kier alpha value is -1.73. The number of nitrogens with one attached hydrogen (secondary N) is 2. The van der Waals surface area contributed by atoms with E-state index in [4.69, 9.17) is 0 Å². The van der Waals surface area contributed by atoms with Crippen LogP contribution in [0.25, 0.3) is 0 Å². The van der Waals surface area contributed by atoms with E-state index in [1.165, 1.54) is 0 Å². The Morgan fingerprint density at radius 1 is 1.22 bits per heavy atom. The van der Waals surface area contributed by atoms with Crippen molar-refractivity contribution in [2.24, 2.45) is 18.0 Å². The zero-order valence-corrected chi connectivity index (χ0v) is 16.8. The summed E-state index contributed by atoms with van der Waals surface area (Å²) in [5.41, 5.74) is 3.31. The van der Waals surface area contributed by atoms with Crippen LogP contribution in [-0.4, -0.2) is 34.5 Å². The van der Waals surface area contributed by atoms with Gasteiger partial charge in [-0.05, 0) is 39.0 Å². The van der Waals surface area contributed by atoms with E-state index in [1.54, 1.807) is 0 Å². The number of aliphatic imine (C=N–C) groups is 1. The molecule has 1 heterocycles. The maximum Gasteiger partial charge on any atom is 0.391 e. The van der Waals surface area contributed by atoms with Crippen LogP contribution >= 0.6 is 0 Å². The monoisotopic (exact) mass is 387 g/mol. The highest BCUT2D eigenvalue weighted by molar-refractivity contribution is 5.80. The molecule has 1 saturated carbocycles. The fraction of sp³-hybridized carbons (Fsp3) is 0.789. The predicted molar refractivity (Wildman–Crippen MR) is 102 cm³/mol. The lowest BCUT2D eigenvalue weighted by Crippen LogP contribution is -2.46. The summed E-state index contributed by atoms with van der Waals surface area (Å²) in [4.78, 5) is 4.66. The van der Waals surface area contributed by atoms with Gasteiger partial charge in [-0.25, -0.2) is 4.99 Å². The first kappa shape index (κ1) is 21.6. The van der Waals surface area contributed by atoms with E-state index in [0.29, 0.717) is 25.5 Å². The van der Waals surface area contributed by atoms with E-state index in [0.717, 1.165) is 36.2 Å². The van der Waals surface area contributed by atoms with Gasteiger partial charge in [-0.15, -0.1) is 0 Å². The van der Waals surface area contributed by atoms with Crippen LogP contribution in [0.3, 0.4) is 0 Å². The van der Waals surface area contributed by atoms with E-state index in [9.17, 15) is 13.2 Å². The van der Waals surface area contributed by atoms with Gasteiger partial charge in [0.15, 0.2) is 5.96 Å². The molecule has 1 aliphatic carbocycles. The maximum absolute atomic E-state index is 13.1. The Kier molecular flexibility index (Phi) is 7.56. The van der Waals surface area contributed by atoms with Gasteiger partial charge in [0.05, 0.1) is 18.2 Å². The number of aromatic nitrogens is 2. The normalized spacial score (nSPS) is 21.4. The third-order valence-electron chi connectivity index (χ3n) is 5.25. The van der Waals surface area contributed by atoms with Gasteiger partial charge in [-0.2, -0.15) is 18.3 Å². The van der Waals surface area contributed by atoms with Crippen LogP contribution in [0.5, 0.6) is 0 Å². The molecule has 1 fully saturated rings. The largest absolute Gasteiger partial charge is 0.391 e. The van der Waals surface area contributed by atoms with Crippen LogP contribution in [0.1, 0.15) is 63.4 Å². The second-order valence-corrected chi connectivity index (χ2v) is 7.14. The van der Waals surface area contributed by atoms with Gasteiger partial charge in [0.2, 0.25) is 0 Å². The minimum Gasteiger partial charge on any atom is -0.357 e. The number of aryl methyl sites for hydroxylation is 2. The summed E-state index contributed by atoms with van der Waals surface area (Å²) in [5, 5.41) is 10.9. The molecule has 0 amide bonds. The van der Waals surface area contributed by atoms with Crippen LogP contribution in [0.4, 0.5) is 13.2 Å². The summed E-state index contributed by atoms with van der Waals surface area (Å²) in [6.45, 7) is 7.25. The quantitative estimate of drug-likeness (QED) is 0.578. The zero-order chi connectivity index (χ0) is 20.0. The first-order chi connectivity index (χ1) is 12.8. The fourth-order valence-electron chi connectivity index (χ4n) is 3.86. The second kappa shape index (κ2) is 9.46. The van der Waals surface area contributed by atoms with E-state index in [2.05, 4.69) is 34.6 Å². The topological polar surface area (TPSA) is 54.2 Å². The van der Waals surface area contributed by atoms with Crippen molar-refractivity contribution in [1.82, 2.24) is 20.4 Å². The molecule has 0 saturated heterocycles. The Balaban J connectivity index is 2.11. The smallest absolute Gasteiger partial charge is 0.357 e. The Bertz CT molecular complexity index is 636. The number of alkyl halides is 3. The molecule has 154 valence electrons. The lowest BCUT2D eigenvalue weighted by atomic mass is 9.85. The van der Waals surface area contributed by atoms with Crippen molar-refractivity contribution < 1.29 is 13.2 Å². The third kappa shape index (κ3) is 5.62. The number of nitrogens with zero attached hydrogens (tertiary/aromatic N) is 3. The fourth-order valence-corrected chi connectivity index (χ4v) is 3.86. The summed E-state index contributed by atoms with van der Waals surface area (Å²) >= 11 is 0. The van der Waals surface area contributed by atoms with Crippen LogP contribution in [-0.2, 0) is 26.4 Å². The first-order valence-electron chi connectivity index (χ1n) is 9.95. The lowest BCUT2D eigenvalue weighted by molar-refractivity contribution is -0.183. The molecular weight excluding hydrogens is 355 g/mol. The second-order valence-electron chi connectivity index (χ2n) is 7.14. The standard InChI is InChI=1S/C19H32F3N5/c1-5-16-15(17(6-2)27(4)26-16)12-24-18(23-7-3)25-14-10-8-9-13(11-14)19(20,21)22/h13-14H,5-12H2,1-4H3,(H2,23,24,25). The Labute approximate surface area is 159 Å². The molecule has 0 aromatic carbocycles. The van der Waals surface area contributed by atoms with E-state index in [1.807, 2.05) is 18.7 Å². The number of hydrogen-bond donors (Lipinski definition) is 2. The number of hydrogen-bond acceptors (Lipinski definition) is 2. The van der Waals surface area contributed by atoms with Gasteiger partial charge in [-0.1, -0.05) is 20.3 Å². The van der Waals surface area contributed by atoms with Crippen LogP contribution in [0, 0.1) is 5.92 Å². The van der Waals surface area contributed by atoms with Crippen molar-refractivity contribution in [2.75, 3.05) is 6.54 Å². The highest BCUT2D eigenvalue weighted by Crippen LogP contribution is 2.37. The molecule has 5 nitrogen and oxygen atoms in total. The highest BCUT2D eigenvalue weighted by atomic mass is 19.4. The maximum atomic E-state index is 13.1. The van der Waals surface area contributed by atoms with Crippen molar-refractivity contribution in [2.45, 2.75) is 78.1 Å². The average Bonchev–Trinajstić information content (AvgIpc) is 2.94. The summed E-state index contributed by atoms with van der Waals surface area (Å²) in [7, 11) is 1.94. The molecule has 0 bridgehead atoms. The summed E-state index contributed by atoms with van der Waals surface area (Å²) in [6, 6.07) is -0.201. The molecule has 1 aliphatic rings. The van der Waals surface area contributed by atoms with Crippen LogP contribution in [0.2, 0.25) is 0 Å². The molecule has 2 N–H and O–H groups in total. The SMILES string of the molecule is CCNC(=NCc1c(CC)nn(C)c1CC)NC1CCCC(C(F)(F)F)C1. The number of rotatable bonds is 6. The van der Waals surface area contributed by atoms with Crippen molar-refractivity contribution >= 4 is 5.96 Å². The third-order valence-corrected chi connectivity index (χ3v) is 5.25. The van der Waals surface area contributed by atoms with Gasteiger partial charge < -0.3 is 10.6 Å². The van der Waals surface area contributed by atoms with Gasteiger partial charge in [0, 0.05) is 30.9 Å². The van der Waals surface area contributed by atoms with Gasteiger partial charge in [0.1, 0.15) is 0 Å². The minimum atomic E-state index is -4.11. The predicted octanol–water partition coefficient (Wildman–Crippen LogP) is 3.72. The van der Waals surface area contributed by atoms with Gasteiger partial charge in [0.25, 0.3) is 0 Å². The molecule has 2 atom stereocenters. The van der Waals surface area contributed by atoms with Crippen LogP contribution in [0.15, 0.2) is 4.99 Å². The summed E-state index contributed by atoms with van der Waals surface area (Å²) in [6.07, 6.45) is -0.746. The van der Waals surface area contributed by atoms with Gasteiger partial charge in [-0.3, -0.25) is 4.68 Å². The number of halogens is 3. The lowest BCUT2D eigenvalue weighted by Gasteiger charge is -2.31. The molecule has 2 rings (SSSR count). The van der Waals surface area contributed by atoms with E-state index >= 15 is 0 Å².